The fourth-order valence-electron chi connectivity index (χ4n) is 1.62. The first-order chi connectivity index (χ1) is 8.85. The Labute approximate surface area is 118 Å². The maximum Gasteiger partial charge on any atom is 0.236 e. The van der Waals surface area contributed by atoms with Gasteiger partial charge in [0.25, 0.3) is 0 Å². The Balaban J connectivity index is 2.82. The number of carbonyl (C=O) groups excluding carboxylic acids is 1. The number of methoxy groups -OCH3 is 1. The Bertz CT molecular complexity index is 463. The summed E-state index contributed by atoms with van der Waals surface area (Å²) in [5.41, 5.74) is 0.624. The third kappa shape index (κ3) is 4.29. The lowest BCUT2D eigenvalue weighted by Gasteiger charge is -2.20. The second kappa shape index (κ2) is 6.63. The molecule has 1 aromatic rings. The first-order valence-corrected chi connectivity index (χ1v) is 6.17. The molecule has 0 bridgehead atoms. The number of rotatable bonds is 5. The molecule has 0 spiro atoms. The summed E-state index contributed by atoms with van der Waals surface area (Å²) in [6.07, 6.45) is 0. The first-order valence-electron chi connectivity index (χ1n) is 5.79. The van der Waals surface area contributed by atoms with Gasteiger partial charge >= 0.3 is 0 Å². The fraction of sp³-hybridized carbons (Fsp3) is 0.462. The van der Waals surface area contributed by atoms with Crippen molar-refractivity contribution in [1.29, 1.82) is 0 Å². The summed E-state index contributed by atoms with van der Waals surface area (Å²) >= 11 is 5.96. The van der Waals surface area contributed by atoms with Crippen LogP contribution in [0.3, 0.4) is 0 Å². The van der Waals surface area contributed by atoms with Gasteiger partial charge in [0.2, 0.25) is 5.91 Å². The van der Waals surface area contributed by atoms with Crippen LogP contribution in [0.4, 0.5) is 0 Å². The van der Waals surface area contributed by atoms with E-state index in [1.54, 1.807) is 38.2 Å². The fourth-order valence-corrected chi connectivity index (χ4v) is 1.85. The normalized spacial score (nSPS) is 10.6. The molecule has 0 aliphatic rings. The highest BCUT2D eigenvalue weighted by molar-refractivity contribution is 6.30. The molecule has 6 heteroatoms. The molecule has 5 nitrogen and oxygen atoms in total. The van der Waals surface area contributed by atoms with Gasteiger partial charge in [-0.05, 0) is 13.1 Å². The molecule has 106 valence electrons. The van der Waals surface area contributed by atoms with Gasteiger partial charge in [-0.1, -0.05) is 11.6 Å². The maximum atomic E-state index is 11.6. The predicted octanol–water partition coefficient (Wildman–Crippen LogP) is 1.57. The van der Waals surface area contributed by atoms with Crippen LogP contribution in [0.5, 0.6) is 11.5 Å². The highest BCUT2D eigenvalue weighted by Crippen LogP contribution is 2.33. The van der Waals surface area contributed by atoms with Crippen molar-refractivity contribution in [2.24, 2.45) is 0 Å². The topological polar surface area (TPSA) is 53.0 Å². The molecule has 1 N–H and O–H groups in total. The molecule has 0 saturated heterocycles. The second-order valence-corrected chi connectivity index (χ2v) is 5.01. The summed E-state index contributed by atoms with van der Waals surface area (Å²) in [7, 11) is 6.68. The van der Waals surface area contributed by atoms with Crippen molar-refractivity contribution in [2.45, 2.75) is 6.54 Å². The first kappa shape index (κ1) is 15.6. The molecule has 0 saturated carbocycles. The zero-order valence-electron chi connectivity index (χ0n) is 11.6. The number of hydrogen-bond donors (Lipinski definition) is 1. The Kier molecular flexibility index (Phi) is 5.44. The van der Waals surface area contributed by atoms with Gasteiger partial charge < -0.3 is 14.7 Å². The monoisotopic (exact) mass is 286 g/mol. The molecule has 1 amide bonds. The molecule has 0 fully saturated rings. The number of halogens is 1. The Morgan fingerprint density at radius 2 is 2.00 bits per heavy atom. The standard InChI is InChI=1S/C13H19ClN2O3/c1-15(2)12(17)8-16(3)7-9-5-10(14)6-11(19-4)13(9)18/h5-6,18H,7-8H2,1-4H3. The lowest BCUT2D eigenvalue weighted by molar-refractivity contribution is -0.129. The van der Waals surface area contributed by atoms with Gasteiger partial charge in [-0.2, -0.15) is 0 Å². The van der Waals surface area contributed by atoms with Crippen LogP contribution in [0.15, 0.2) is 12.1 Å². The van der Waals surface area contributed by atoms with E-state index in [0.29, 0.717) is 22.9 Å². The van der Waals surface area contributed by atoms with Crippen LogP contribution in [0, 0.1) is 0 Å². The quantitative estimate of drug-likeness (QED) is 0.893. The smallest absolute Gasteiger partial charge is 0.236 e. The minimum atomic E-state index is -0.00372. The Hall–Kier alpha value is -1.46. The van der Waals surface area contributed by atoms with Crippen LogP contribution >= 0.6 is 11.6 Å². The number of ether oxygens (including phenoxy) is 1. The van der Waals surface area contributed by atoms with Crippen LogP contribution in [0.2, 0.25) is 5.02 Å². The SMILES string of the molecule is COc1cc(Cl)cc(CN(C)CC(=O)N(C)C)c1O. The highest BCUT2D eigenvalue weighted by atomic mass is 35.5. The molecule has 0 unspecified atom stereocenters. The van der Waals surface area contributed by atoms with Crippen molar-refractivity contribution in [3.8, 4) is 11.5 Å². The number of hydrogen-bond acceptors (Lipinski definition) is 4. The van der Waals surface area contributed by atoms with Crippen molar-refractivity contribution in [3.05, 3.63) is 22.7 Å². The molecule has 1 rings (SSSR count). The number of amides is 1. The maximum absolute atomic E-state index is 11.6. The zero-order valence-corrected chi connectivity index (χ0v) is 12.4. The second-order valence-electron chi connectivity index (χ2n) is 4.58. The van der Waals surface area contributed by atoms with Gasteiger partial charge in [-0.25, -0.2) is 0 Å². The number of phenolic OH excluding ortho intramolecular Hbond substituents is 1. The lowest BCUT2D eigenvalue weighted by atomic mass is 10.1. The van der Waals surface area contributed by atoms with Crippen molar-refractivity contribution < 1.29 is 14.6 Å². The average Bonchev–Trinajstić information content (AvgIpc) is 2.32. The van der Waals surface area contributed by atoms with E-state index in [4.69, 9.17) is 16.3 Å². The predicted molar refractivity (Wildman–Crippen MR) is 74.7 cm³/mol. The van der Waals surface area contributed by atoms with Crippen LogP contribution in [-0.2, 0) is 11.3 Å². The summed E-state index contributed by atoms with van der Waals surface area (Å²) < 4.78 is 5.04. The van der Waals surface area contributed by atoms with Crippen molar-refractivity contribution in [2.75, 3.05) is 34.8 Å². The van der Waals surface area contributed by atoms with Gasteiger partial charge in [0.15, 0.2) is 11.5 Å². The number of likely N-dealkylation sites (N-methyl/N-ethyl adjacent to an activating group) is 2. The Morgan fingerprint density at radius 3 is 2.53 bits per heavy atom. The third-order valence-electron chi connectivity index (χ3n) is 2.68. The van der Waals surface area contributed by atoms with Crippen LogP contribution in [0.1, 0.15) is 5.56 Å². The molecule has 1 aromatic carbocycles. The van der Waals surface area contributed by atoms with Crippen molar-refractivity contribution in [1.82, 2.24) is 9.80 Å². The molecule has 0 aromatic heterocycles. The summed E-state index contributed by atoms with van der Waals surface area (Å²) in [6.45, 7) is 0.670. The lowest BCUT2D eigenvalue weighted by Crippen LogP contribution is -2.34. The molecular formula is C13H19ClN2O3. The van der Waals surface area contributed by atoms with Crippen LogP contribution in [-0.4, -0.2) is 55.6 Å². The summed E-state index contributed by atoms with van der Waals surface area (Å²) in [5, 5.41) is 10.5. The zero-order chi connectivity index (χ0) is 14.6. The summed E-state index contributed by atoms with van der Waals surface area (Å²) in [6, 6.07) is 3.21. The van der Waals surface area contributed by atoms with Crippen molar-refractivity contribution >= 4 is 17.5 Å². The number of aromatic hydroxyl groups is 1. The number of phenols is 1. The van der Waals surface area contributed by atoms with Gasteiger partial charge in [0.05, 0.1) is 13.7 Å². The van der Waals surface area contributed by atoms with E-state index in [0.717, 1.165) is 0 Å². The van der Waals surface area contributed by atoms with E-state index >= 15 is 0 Å². The minimum Gasteiger partial charge on any atom is -0.504 e. The van der Waals surface area contributed by atoms with E-state index in [9.17, 15) is 9.90 Å². The molecule has 0 heterocycles. The largest absolute Gasteiger partial charge is 0.504 e. The molecule has 0 aliphatic carbocycles. The van der Waals surface area contributed by atoms with E-state index in [1.165, 1.54) is 12.0 Å². The van der Waals surface area contributed by atoms with Gasteiger partial charge in [0, 0.05) is 37.3 Å². The van der Waals surface area contributed by atoms with Crippen LogP contribution < -0.4 is 4.74 Å². The van der Waals surface area contributed by atoms with E-state index < -0.39 is 0 Å². The number of carbonyl (C=O) groups is 1. The summed E-state index contributed by atoms with van der Waals surface area (Å²) in [4.78, 5) is 14.9. The van der Waals surface area contributed by atoms with E-state index in [1.807, 2.05) is 0 Å². The molecule has 19 heavy (non-hydrogen) atoms. The van der Waals surface area contributed by atoms with Gasteiger partial charge in [0.1, 0.15) is 0 Å². The third-order valence-corrected chi connectivity index (χ3v) is 2.90. The number of nitrogens with zero attached hydrogens (tertiary/aromatic N) is 2. The van der Waals surface area contributed by atoms with E-state index in [2.05, 4.69) is 0 Å². The van der Waals surface area contributed by atoms with Crippen molar-refractivity contribution in [3.63, 3.8) is 0 Å². The highest BCUT2D eigenvalue weighted by Gasteiger charge is 2.14. The number of benzene rings is 1. The minimum absolute atomic E-state index is 0.00372. The molecule has 0 atom stereocenters. The molecule has 0 aliphatic heterocycles. The Morgan fingerprint density at radius 1 is 1.37 bits per heavy atom. The average molecular weight is 287 g/mol. The van der Waals surface area contributed by atoms with E-state index in [-0.39, 0.29) is 18.2 Å². The van der Waals surface area contributed by atoms with Gasteiger partial charge in [-0.3, -0.25) is 9.69 Å². The van der Waals surface area contributed by atoms with Gasteiger partial charge in [-0.15, -0.1) is 0 Å². The molecule has 0 radical (unpaired) electrons. The summed E-state index contributed by atoms with van der Waals surface area (Å²) in [5.74, 6) is 0.377. The van der Waals surface area contributed by atoms with Crippen LogP contribution in [0.25, 0.3) is 0 Å². The molecular weight excluding hydrogens is 268 g/mol.